The van der Waals surface area contributed by atoms with Gasteiger partial charge in [-0.1, -0.05) is 18.2 Å². The van der Waals surface area contributed by atoms with Crippen molar-refractivity contribution in [3.63, 3.8) is 0 Å². The van der Waals surface area contributed by atoms with E-state index in [1.54, 1.807) is 6.92 Å². The van der Waals surface area contributed by atoms with Crippen LogP contribution in [0, 0.1) is 16.0 Å². The number of nitro benzene ring substituents is 1. The highest BCUT2D eigenvalue weighted by molar-refractivity contribution is 6.08. The maximum absolute atomic E-state index is 13.1. The number of esters is 1. The molecule has 3 aliphatic heterocycles. The summed E-state index contributed by atoms with van der Waals surface area (Å²) in [4.78, 5) is 45.3. The number of rotatable bonds is 6. The van der Waals surface area contributed by atoms with Crippen LogP contribution in [0.5, 0.6) is 11.5 Å². The molecule has 1 amide bonds. The second-order valence-electron chi connectivity index (χ2n) is 8.92. The molecule has 2 aromatic rings. The maximum Gasteiger partial charge on any atom is 0.321 e. The number of nitro groups is 1. The number of piperazine rings is 1. The van der Waals surface area contributed by atoms with Gasteiger partial charge in [0, 0.05) is 44.9 Å². The van der Waals surface area contributed by atoms with Crippen LogP contribution < -0.4 is 14.8 Å². The van der Waals surface area contributed by atoms with E-state index in [1.165, 1.54) is 24.3 Å². The standard InChI is InChI=1S/C25H27N5O7/c1-2-35-24(32)21-22(17-4-6-18(7-5-17)30(33)34)26-25(27-23(21)31)29-11-9-28(10-12-29)14-16-3-8-19-20(13-16)37-15-36-19/h3-8,13,21-22H,2,9-12,14-15H2,1H3,(H,26,27,31)/t21-,22-/m0/s1. The smallest absolute Gasteiger partial charge is 0.321 e. The monoisotopic (exact) mass is 509 g/mol. The SMILES string of the molecule is CCOC(=O)[C@@H]1C(=O)NC(N2CCN(Cc3ccc4c(c3)OCO4)CC2)=N[C@H]1c1ccc([N+](=O)[O-])cc1. The fourth-order valence-corrected chi connectivity index (χ4v) is 4.67. The highest BCUT2D eigenvalue weighted by atomic mass is 16.7. The van der Waals surface area contributed by atoms with Gasteiger partial charge in [-0.25, -0.2) is 4.99 Å². The number of aliphatic imine (C=N–C) groups is 1. The lowest BCUT2D eigenvalue weighted by atomic mass is 9.91. The lowest BCUT2D eigenvalue weighted by Gasteiger charge is -2.39. The number of non-ortho nitro benzene ring substituents is 1. The van der Waals surface area contributed by atoms with E-state index in [4.69, 9.17) is 19.2 Å². The third-order valence-corrected chi connectivity index (χ3v) is 6.60. The zero-order chi connectivity index (χ0) is 25.9. The normalized spacial score (nSPS) is 21.3. The van der Waals surface area contributed by atoms with Crippen LogP contribution in [0.1, 0.15) is 24.1 Å². The number of ether oxygens (including phenoxy) is 3. The Bertz CT molecular complexity index is 1220. The molecule has 0 aliphatic carbocycles. The van der Waals surface area contributed by atoms with E-state index in [0.29, 0.717) is 24.6 Å². The molecule has 12 heteroatoms. The highest BCUT2D eigenvalue weighted by Gasteiger charge is 2.42. The number of carbonyl (C=O) groups excluding carboxylic acids is 2. The van der Waals surface area contributed by atoms with Gasteiger partial charge in [0.2, 0.25) is 18.7 Å². The quantitative estimate of drug-likeness (QED) is 0.268. The molecule has 0 spiro atoms. The lowest BCUT2D eigenvalue weighted by Crippen LogP contribution is -2.57. The molecule has 3 aliphatic rings. The van der Waals surface area contributed by atoms with Crippen LogP contribution in [0.2, 0.25) is 0 Å². The van der Waals surface area contributed by atoms with Crippen LogP contribution in [-0.4, -0.2) is 72.1 Å². The predicted molar refractivity (Wildman–Crippen MR) is 131 cm³/mol. The Morgan fingerprint density at radius 3 is 2.57 bits per heavy atom. The highest BCUT2D eigenvalue weighted by Crippen LogP contribution is 2.34. The van der Waals surface area contributed by atoms with E-state index in [-0.39, 0.29) is 19.1 Å². The largest absolute Gasteiger partial charge is 0.465 e. The van der Waals surface area contributed by atoms with Gasteiger partial charge in [-0.05, 0) is 30.2 Å². The summed E-state index contributed by atoms with van der Waals surface area (Å²) in [6, 6.07) is 10.8. The van der Waals surface area contributed by atoms with Crippen molar-refractivity contribution in [2.45, 2.75) is 19.5 Å². The van der Waals surface area contributed by atoms with E-state index in [2.05, 4.69) is 10.2 Å². The molecular formula is C25H27N5O7. The summed E-state index contributed by atoms with van der Waals surface area (Å²) in [7, 11) is 0. The van der Waals surface area contributed by atoms with Crippen molar-refractivity contribution in [3.8, 4) is 11.5 Å². The second-order valence-corrected chi connectivity index (χ2v) is 8.92. The number of nitrogens with one attached hydrogen (secondary N) is 1. The summed E-state index contributed by atoms with van der Waals surface area (Å²) >= 11 is 0. The summed E-state index contributed by atoms with van der Waals surface area (Å²) in [6.07, 6.45) is 0. The molecule has 5 rings (SSSR count). The van der Waals surface area contributed by atoms with Crippen LogP contribution in [0.25, 0.3) is 0 Å². The minimum atomic E-state index is -1.18. The Labute approximate surface area is 212 Å². The molecule has 194 valence electrons. The Morgan fingerprint density at radius 2 is 1.86 bits per heavy atom. The van der Waals surface area contributed by atoms with Crippen LogP contribution in [0.4, 0.5) is 5.69 Å². The number of fused-ring (bicyclic) bond motifs is 1. The van der Waals surface area contributed by atoms with Crippen LogP contribution >= 0.6 is 0 Å². The molecule has 37 heavy (non-hydrogen) atoms. The van der Waals surface area contributed by atoms with Gasteiger partial charge < -0.3 is 19.1 Å². The number of amides is 1. The summed E-state index contributed by atoms with van der Waals surface area (Å²) in [5.74, 6) is -0.476. The van der Waals surface area contributed by atoms with Gasteiger partial charge in [-0.15, -0.1) is 0 Å². The van der Waals surface area contributed by atoms with Crippen molar-refractivity contribution in [2.24, 2.45) is 10.9 Å². The van der Waals surface area contributed by atoms with Gasteiger partial charge in [0.15, 0.2) is 17.4 Å². The molecule has 1 saturated heterocycles. The van der Waals surface area contributed by atoms with Crippen molar-refractivity contribution in [2.75, 3.05) is 39.6 Å². The Kier molecular flexibility index (Phi) is 6.91. The fourth-order valence-electron chi connectivity index (χ4n) is 4.67. The van der Waals surface area contributed by atoms with Crippen LogP contribution in [0.15, 0.2) is 47.5 Å². The first-order valence-corrected chi connectivity index (χ1v) is 12.1. The second kappa shape index (κ2) is 10.4. The van der Waals surface area contributed by atoms with E-state index in [9.17, 15) is 19.7 Å². The van der Waals surface area contributed by atoms with Gasteiger partial charge in [0.25, 0.3) is 5.69 Å². The molecular weight excluding hydrogens is 482 g/mol. The van der Waals surface area contributed by atoms with Gasteiger partial charge in [0.05, 0.1) is 11.5 Å². The Balaban J connectivity index is 1.30. The molecule has 0 aromatic heterocycles. The lowest BCUT2D eigenvalue weighted by molar-refractivity contribution is -0.384. The maximum atomic E-state index is 13.1. The number of guanidine groups is 1. The van der Waals surface area contributed by atoms with Crippen LogP contribution in [0.3, 0.4) is 0 Å². The van der Waals surface area contributed by atoms with Crippen molar-refractivity contribution in [1.82, 2.24) is 15.1 Å². The van der Waals surface area contributed by atoms with Crippen molar-refractivity contribution < 1.29 is 28.7 Å². The van der Waals surface area contributed by atoms with Gasteiger partial charge in [-0.3, -0.25) is 29.9 Å². The Hall–Kier alpha value is -4.19. The number of carbonyl (C=O) groups is 2. The molecule has 0 saturated carbocycles. The molecule has 2 atom stereocenters. The first-order valence-electron chi connectivity index (χ1n) is 12.1. The minimum Gasteiger partial charge on any atom is -0.465 e. The molecule has 1 N–H and O–H groups in total. The molecule has 0 unspecified atom stereocenters. The third kappa shape index (κ3) is 5.19. The van der Waals surface area contributed by atoms with E-state index >= 15 is 0 Å². The van der Waals surface area contributed by atoms with Gasteiger partial charge in [-0.2, -0.15) is 0 Å². The molecule has 3 heterocycles. The molecule has 1 fully saturated rings. The summed E-state index contributed by atoms with van der Waals surface area (Å²) in [6.45, 7) is 5.51. The number of hydrogen-bond acceptors (Lipinski definition) is 10. The summed E-state index contributed by atoms with van der Waals surface area (Å²) in [5, 5.41) is 13.8. The molecule has 2 aromatic carbocycles. The average Bonchev–Trinajstić information content (AvgIpc) is 3.37. The van der Waals surface area contributed by atoms with E-state index in [1.807, 2.05) is 23.1 Å². The Morgan fingerprint density at radius 1 is 1.14 bits per heavy atom. The minimum absolute atomic E-state index is 0.0838. The average molecular weight is 510 g/mol. The van der Waals surface area contributed by atoms with Crippen molar-refractivity contribution in [3.05, 3.63) is 63.7 Å². The number of hydrogen-bond donors (Lipinski definition) is 1. The topological polar surface area (TPSA) is 136 Å². The first-order chi connectivity index (χ1) is 17.9. The zero-order valence-corrected chi connectivity index (χ0v) is 20.3. The molecule has 0 radical (unpaired) electrons. The van der Waals surface area contributed by atoms with Crippen molar-refractivity contribution >= 4 is 23.5 Å². The molecule has 0 bridgehead atoms. The zero-order valence-electron chi connectivity index (χ0n) is 20.3. The first kappa shape index (κ1) is 24.5. The van der Waals surface area contributed by atoms with E-state index in [0.717, 1.165) is 36.7 Å². The fraction of sp³-hybridized carbons (Fsp3) is 0.400. The summed E-state index contributed by atoms with van der Waals surface area (Å²) in [5.41, 5.74) is 1.56. The van der Waals surface area contributed by atoms with Crippen molar-refractivity contribution in [1.29, 1.82) is 0 Å². The molecule has 12 nitrogen and oxygen atoms in total. The van der Waals surface area contributed by atoms with Crippen LogP contribution in [-0.2, 0) is 20.9 Å². The number of benzene rings is 2. The van der Waals surface area contributed by atoms with Gasteiger partial charge >= 0.3 is 5.97 Å². The predicted octanol–water partition coefficient (Wildman–Crippen LogP) is 1.85. The number of nitrogens with zero attached hydrogens (tertiary/aromatic N) is 4. The summed E-state index contributed by atoms with van der Waals surface area (Å²) < 4.78 is 16.0. The van der Waals surface area contributed by atoms with Gasteiger partial charge in [0.1, 0.15) is 6.04 Å². The van der Waals surface area contributed by atoms with E-state index < -0.39 is 28.8 Å². The third-order valence-electron chi connectivity index (χ3n) is 6.60.